The lowest BCUT2D eigenvalue weighted by Crippen LogP contribution is -2.61. The van der Waals surface area contributed by atoms with Crippen LogP contribution in [0.5, 0.6) is 0 Å². The van der Waals surface area contributed by atoms with Gasteiger partial charge in [0.2, 0.25) is 0 Å². The Morgan fingerprint density at radius 3 is 2.48 bits per heavy atom. The van der Waals surface area contributed by atoms with E-state index in [1.807, 2.05) is 25.7 Å². The molecule has 2 unspecified atom stereocenters. The average Bonchev–Trinajstić information content (AvgIpc) is 2.86. The Morgan fingerprint density at radius 2 is 2.00 bits per heavy atom. The zero-order valence-corrected chi connectivity index (χ0v) is 16.7. The third-order valence-electron chi connectivity index (χ3n) is 4.69. The molecular weight excluding hydrogens is 378 g/mol. The number of piperazine rings is 1. The molecule has 2 heterocycles. The van der Waals surface area contributed by atoms with Crippen molar-refractivity contribution in [3.8, 4) is 0 Å². The van der Waals surface area contributed by atoms with Crippen LogP contribution in [0.3, 0.4) is 0 Å². The molecule has 2 N–H and O–H groups in total. The second-order valence-electron chi connectivity index (χ2n) is 8.34. The molecule has 0 bridgehead atoms. The third kappa shape index (κ3) is 5.30. The summed E-state index contributed by atoms with van der Waals surface area (Å²) in [7, 11) is 0. The van der Waals surface area contributed by atoms with Crippen molar-refractivity contribution >= 4 is 23.5 Å². The summed E-state index contributed by atoms with van der Waals surface area (Å²) in [5.74, 6) is -0.376. The topological polar surface area (TPSA) is 125 Å². The van der Waals surface area contributed by atoms with Crippen LogP contribution in [-0.2, 0) is 6.54 Å². The Bertz CT molecular complexity index is 715. The van der Waals surface area contributed by atoms with Crippen molar-refractivity contribution in [2.45, 2.75) is 45.9 Å². The molecule has 1 aromatic rings. The van der Waals surface area contributed by atoms with E-state index in [0.29, 0.717) is 19.6 Å². The molecule has 1 fully saturated rings. The number of nitro groups is 1. The highest BCUT2D eigenvalue weighted by Gasteiger charge is 2.39. The highest BCUT2D eigenvalue weighted by molar-refractivity contribution is 6.28. The summed E-state index contributed by atoms with van der Waals surface area (Å²) in [4.78, 5) is 28.8. The minimum Gasteiger partial charge on any atom is -0.465 e. The summed E-state index contributed by atoms with van der Waals surface area (Å²) in [6, 6.07) is -0.211. The predicted molar refractivity (Wildman–Crippen MR) is 98.9 cm³/mol. The molecule has 27 heavy (non-hydrogen) atoms. The molecule has 2 atom stereocenters. The number of aliphatic hydroxyl groups is 1. The van der Waals surface area contributed by atoms with Gasteiger partial charge in [0.25, 0.3) is 0 Å². The van der Waals surface area contributed by atoms with E-state index in [9.17, 15) is 25.1 Å². The molecule has 0 aliphatic carbocycles. The molecule has 1 aromatic heterocycles. The molecule has 1 saturated heterocycles. The third-order valence-corrected chi connectivity index (χ3v) is 4.99. The summed E-state index contributed by atoms with van der Waals surface area (Å²) in [5.41, 5.74) is -1.48. The SMILES string of the molecule is CC(O)(CN1CCN(C(=O)O)C(C(C)(C)C)C1)Cn1cc([N+](=O)[O-])nc1Cl. The van der Waals surface area contributed by atoms with Crippen LogP contribution in [0.25, 0.3) is 0 Å². The first-order valence-electron chi connectivity index (χ1n) is 8.61. The standard InChI is InChI=1S/C16H26ClN5O5/c1-15(2,3)11-7-19(5-6-21(11)14(23)24)9-16(4,25)10-20-8-12(22(26)27)18-13(20)17/h8,11,25H,5-7,9-10H2,1-4H3,(H,23,24). The van der Waals surface area contributed by atoms with E-state index in [-0.39, 0.29) is 35.6 Å². The van der Waals surface area contributed by atoms with Crippen molar-refractivity contribution < 1.29 is 19.9 Å². The number of hydrogen-bond acceptors (Lipinski definition) is 6. The molecule has 1 amide bonds. The number of carbonyl (C=O) groups is 1. The number of amides is 1. The number of rotatable bonds is 5. The minimum atomic E-state index is -1.23. The van der Waals surface area contributed by atoms with Crippen molar-refractivity contribution in [1.82, 2.24) is 19.4 Å². The quantitative estimate of drug-likeness (QED) is 0.568. The Hall–Kier alpha value is -1.91. The van der Waals surface area contributed by atoms with Crippen LogP contribution in [0.1, 0.15) is 27.7 Å². The second-order valence-corrected chi connectivity index (χ2v) is 8.68. The summed E-state index contributed by atoms with van der Waals surface area (Å²) in [6.07, 6.45) is 0.246. The van der Waals surface area contributed by atoms with E-state index in [4.69, 9.17) is 11.6 Å². The lowest BCUT2D eigenvalue weighted by Gasteiger charge is -2.47. The minimum absolute atomic E-state index is 0.0337. The predicted octanol–water partition coefficient (Wildman–Crippen LogP) is 1.91. The molecule has 2 rings (SSSR count). The lowest BCUT2D eigenvalue weighted by molar-refractivity contribution is -0.389. The van der Waals surface area contributed by atoms with Gasteiger partial charge in [-0.25, -0.2) is 4.79 Å². The van der Waals surface area contributed by atoms with Crippen LogP contribution in [0.2, 0.25) is 5.28 Å². The van der Waals surface area contributed by atoms with Gasteiger partial charge < -0.3 is 25.2 Å². The smallest absolute Gasteiger partial charge is 0.407 e. The number of halogens is 1. The van der Waals surface area contributed by atoms with Gasteiger partial charge >= 0.3 is 17.2 Å². The zero-order valence-electron chi connectivity index (χ0n) is 15.9. The Morgan fingerprint density at radius 1 is 1.37 bits per heavy atom. The first-order chi connectivity index (χ1) is 12.3. The largest absolute Gasteiger partial charge is 0.465 e. The van der Waals surface area contributed by atoms with Crippen molar-refractivity contribution in [3.63, 3.8) is 0 Å². The number of β-amino-alcohol motifs (C(OH)–C–C–N with tert-alkyl or cyclic N) is 1. The van der Waals surface area contributed by atoms with Gasteiger partial charge in [0.05, 0.1) is 18.2 Å². The van der Waals surface area contributed by atoms with Gasteiger partial charge in [-0.1, -0.05) is 20.8 Å². The highest BCUT2D eigenvalue weighted by atomic mass is 35.5. The van der Waals surface area contributed by atoms with Crippen molar-refractivity contribution in [2.75, 3.05) is 26.2 Å². The fourth-order valence-electron chi connectivity index (χ4n) is 3.43. The van der Waals surface area contributed by atoms with Crippen LogP contribution >= 0.6 is 11.6 Å². The molecule has 0 saturated carbocycles. The summed E-state index contributed by atoms with van der Waals surface area (Å²) < 4.78 is 1.34. The van der Waals surface area contributed by atoms with Crippen LogP contribution < -0.4 is 0 Å². The monoisotopic (exact) mass is 403 g/mol. The Labute approximate surface area is 162 Å². The molecule has 0 radical (unpaired) electrons. The number of carboxylic acid groups (broad SMARTS) is 1. The van der Waals surface area contributed by atoms with Crippen LogP contribution in [-0.4, -0.2) is 78.4 Å². The molecule has 1 aliphatic heterocycles. The van der Waals surface area contributed by atoms with Gasteiger partial charge in [-0.3, -0.25) is 9.47 Å². The van der Waals surface area contributed by atoms with E-state index in [1.165, 1.54) is 15.7 Å². The molecule has 0 aromatic carbocycles. The molecule has 11 heteroatoms. The Balaban J connectivity index is 2.09. The van der Waals surface area contributed by atoms with Gasteiger partial charge in [0.15, 0.2) is 0 Å². The van der Waals surface area contributed by atoms with E-state index in [0.717, 1.165) is 0 Å². The van der Waals surface area contributed by atoms with Crippen LogP contribution in [0.4, 0.5) is 10.6 Å². The molecule has 1 aliphatic rings. The van der Waals surface area contributed by atoms with Gasteiger partial charge in [-0.05, 0) is 33.8 Å². The maximum Gasteiger partial charge on any atom is 0.407 e. The molecule has 152 valence electrons. The van der Waals surface area contributed by atoms with E-state index in [2.05, 4.69) is 4.98 Å². The van der Waals surface area contributed by atoms with Crippen molar-refractivity contribution in [3.05, 3.63) is 21.6 Å². The van der Waals surface area contributed by atoms with Gasteiger partial charge in [0, 0.05) is 26.2 Å². The fraction of sp³-hybridized carbons (Fsp3) is 0.750. The van der Waals surface area contributed by atoms with Crippen molar-refractivity contribution in [2.24, 2.45) is 5.41 Å². The van der Waals surface area contributed by atoms with Crippen molar-refractivity contribution in [1.29, 1.82) is 0 Å². The van der Waals surface area contributed by atoms with E-state index >= 15 is 0 Å². The average molecular weight is 404 g/mol. The van der Waals surface area contributed by atoms with Gasteiger partial charge in [0.1, 0.15) is 6.20 Å². The lowest BCUT2D eigenvalue weighted by atomic mass is 9.84. The first-order valence-corrected chi connectivity index (χ1v) is 8.99. The first kappa shape index (κ1) is 21.4. The summed E-state index contributed by atoms with van der Waals surface area (Å²) in [6.45, 7) is 9.21. The van der Waals surface area contributed by atoms with Gasteiger partial charge in [-0.15, -0.1) is 0 Å². The second kappa shape index (κ2) is 7.61. The summed E-state index contributed by atoms with van der Waals surface area (Å²) >= 11 is 5.93. The maximum absolute atomic E-state index is 11.5. The fourth-order valence-corrected chi connectivity index (χ4v) is 3.63. The van der Waals surface area contributed by atoms with E-state index in [1.54, 1.807) is 6.92 Å². The number of imidazole rings is 1. The molecule has 10 nitrogen and oxygen atoms in total. The van der Waals surface area contributed by atoms with Crippen LogP contribution in [0.15, 0.2) is 6.20 Å². The highest BCUT2D eigenvalue weighted by Crippen LogP contribution is 2.29. The number of hydrogen-bond donors (Lipinski definition) is 2. The normalized spacial score (nSPS) is 21.1. The Kier molecular flexibility index (Phi) is 6.03. The molecular formula is C16H26ClN5O5. The van der Waals surface area contributed by atoms with Crippen LogP contribution in [0, 0.1) is 15.5 Å². The number of aromatic nitrogens is 2. The maximum atomic E-state index is 11.5. The summed E-state index contributed by atoms with van der Waals surface area (Å²) in [5, 5.41) is 31.0. The molecule has 0 spiro atoms. The van der Waals surface area contributed by atoms with Gasteiger partial charge in [-0.2, -0.15) is 0 Å². The van der Waals surface area contributed by atoms with E-state index < -0.39 is 16.6 Å². The number of nitrogens with zero attached hydrogens (tertiary/aromatic N) is 5. The zero-order chi connectivity index (χ0) is 20.6.